The molecule has 0 aromatic heterocycles. The van der Waals surface area contributed by atoms with Crippen LogP contribution in [0.5, 0.6) is 0 Å². The molecule has 0 saturated heterocycles. The molecule has 0 heterocycles. The summed E-state index contributed by atoms with van der Waals surface area (Å²) in [6.07, 6.45) is 0. The number of carboxylic acids is 1. The summed E-state index contributed by atoms with van der Waals surface area (Å²) >= 11 is 0. The van der Waals surface area contributed by atoms with Gasteiger partial charge in [0.1, 0.15) is 10.7 Å². The van der Waals surface area contributed by atoms with E-state index in [4.69, 9.17) is 10.2 Å². The molecule has 0 unspecified atom stereocenters. The fraction of sp³-hybridized carbons (Fsp3) is 0.222. The van der Waals surface area contributed by atoms with Gasteiger partial charge in [0.05, 0.1) is 17.9 Å². The van der Waals surface area contributed by atoms with Gasteiger partial charge in [0.2, 0.25) is 0 Å². The molecule has 0 aliphatic heterocycles. The number of rotatable bonds is 4. The lowest BCUT2D eigenvalue weighted by molar-refractivity contribution is 0.0696. The quantitative estimate of drug-likeness (QED) is 0.799. The van der Waals surface area contributed by atoms with Crippen LogP contribution in [0.25, 0.3) is 0 Å². The average Bonchev–Trinajstić information content (AvgIpc) is 2.17. The molecule has 0 spiro atoms. The van der Waals surface area contributed by atoms with Gasteiger partial charge in [-0.15, -0.1) is 0 Å². The third-order valence-corrected chi connectivity index (χ3v) is 3.58. The molecule has 5 nitrogen and oxygen atoms in total. The maximum atomic E-state index is 13.2. The van der Waals surface area contributed by atoms with Crippen molar-refractivity contribution in [3.63, 3.8) is 0 Å². The Labute approximate surface area is 91.1 Å². The number of hydrogen-bond donors (Lipinski definition) is 2. The minimum absolute atomic E-state index is 0.321. The molecular weight excluding hydrogens is 239 g/mol. The van der Waals surface area contributed by atoms with Crippen LogP contribution in [0.3, 0.4) is 0 Å². The summed E-state index contributed by atoms with van der Waals surface area (Å²) in [4.78, 5) is 9.88. The highest BCUT2D eigenvalue weighted by atomic mass is 32.2. The van der Waals surface area contributed by atoms with Crippen LogP contribution in [0.15, 0.2) is 23.1 Å². The second-order valence-electron chi connectivity index (χ2n) is 2.99. The van der Waals surface area contributed by atoms with Gasteiger partial charge in [0.15, 0.2) is 9.84 Å². The number of halogens is 1. The van der Waals surface area contributed by atoms with Crippen LogP contribution < -0.4 is 0 Å². The summed E-state index contributed by atoms with van der Waals surface area (Å²) in [5.41, 5.74) is -0.321. The Hall–Kier alpha value is -1.47. The molecule has 88 valence electrons. The lowest BCUT2D eigenvalue weighted by atomic mass is 10.2. The second-order valence-corrected chi connectivity index (χ2v) is 5.07. The van der Waals surface area contributed by atoms with E-state index in [0.29, 0.717) is 0 Å². The van der Waals surface area contributed by atoms with Crippen molar-refractivity contribution in [2.45, 2.75) is 4.90 Å². The van der Waals surface area contributed by atoms with Crippen LogP contribution >= 0.6 is 0 Å². The number of benzene rings is 1. The molecule has 0 amide bonds. The molecule has 0 bridgehead atoms. The fourth-order valence-electron chi connectivity index (χ4n) is 1.10. The zero-order chi connectivity index (χ0) is 12.3. The van der Waals surface area contributed by atoms with Crippen LogP contribution in [0.4, 0.5) is 4.39 Å². The molecule has 0 fully saturated rings. The fourth-order valence-corrected chi connectivity index (χ4v) is 2.24. The van der Waals surface area contributed by atoms with E-state index in [1.165, 1.54) is 0 Å². The zero-order valence-electron chi connectivity index (χ0n) is 8.05. The molecule has 1 aromatic rings. The van der Waals surface area contributed by atoms with Gasteiger partial charge >= 0.3 is 5.97 Å². The second kappa shape index (κ2) is 4.58. The third kappa shape index (κ3) is 2.56. The molecular formula is C9H9FO5S. The standard InChI is InChI=1S/C9H9FO5S/c10-7-2-1-6(9(12)13)5-8(7)16(14,15)4-3-11/h1-2,5,11H,3-4H2,(H,12,13). The maximum absolute atomic E-state index is 13.2. The Morgan fingerprint density at radius 2 is 2.00 bits per heavy atom. The van der Waals surface area contributed by atoms with Crippen molar-refractivity contribution in [3.8, 4) is 0 Å². The van der Waals surface area contributed by atoms with Gasteiger partial charge in [-0.05, 0) is 18.2 Å². The van der Waals surface area contributed by atoms with Gasteiger partial charge in [-0.1, -0.05) is 0 Å². The lowest BCUT2D eigenvalue weighted by Crippen LogP contribution is -2.13. The van der Waals surface area contributed by atoms with Crippen molar-refractivity contribution >= 4 is 15.8 Å². The first-order valence-corrected chi connectivity index (χ1v) is 5.90. The topological polar surface area (TPSA) is 91.7 Å². The molecule has 0 aliphatic rings. The summed E-state index contributed by atoms with van der Waals surface area (Å²) in [5, 5.41) is 17.1. The Morgan fingerprint density at radius 1 is 1.38 bits per heavy atom. The number of aromatic carboxylic acids is 1. The van der Waals surface area contributed by atoms with Crippen molar-refractivity contribution in [2.75, 3.05) is 12.4 Å². The first-order chi connectivity index (χ1) is 7.38. The van der Waals surface area contributed by atoms with Gasteiger partial charge < -0.3 is 10.2 Å². The van der Waals surface area contributed by atoms with E-state index in [1.807, 2.05) is 0 Å². The molecule has 1 rings (SSSR count). The highest BCUT2D eigenvalue weighted by molar-refractivity contribution is 7.91. The largest absolute Gasteiger partial charge is 0.478 e. The van der Waals surface area contributed by atoms with Crippen LogP contribution in [-0.4, -0.2) is 37.0 Å². The van der Waals surface area contributed by atoms with E-state index in [9.17, 15) is 17.6 Å². The summed E-state index contributed by atoms with van der Waals surface area (Å²) in [5.74, 6) is -3.02. The Morgan fingerprint density at radius 3 is 2.50 bits per heavy atom. The number of carbonyl (C=O) groups is 1. The normalized spacial score (nSPS) is 11.4. The van der Waals surface area contributed by atoms with Crippen molar-refractivity contribution in [3.05, 3.63) is 29.6 Å². The molecule has 0 aliphatic carbocycles. The van der Waals surface area contributed by atoms with Crippen LogP contribution in [-0.2, 0) is 9.84 Å². The van der Waals surface area contributed by atoms with Crippen molar-refractivity contribution < 1.29 is 27.8 Å². The van der Waals surface area contributed by atoms with Crippen molar-refractivity contribution in [1.29, 1.82) is 0 Å². The predicted octanol–water partition coefficient (Wildman–Crippen LogP) is 0.290. The Kier molecular flexibility index (Phi) is 3.61. The predicted molar refractivity (Wildman–Crippen MR) is 52.5 cm³/mol. The van der Waals surface area contributed by atoms with Gasteiger partial charge in [-0.2, -0.15) is 0 Å². The molecule has 2 N–H and O–H groups in total. The van der Waals surface area contributed by atoms with Crippen LogP contribution in [0.1, 0.15) is 10.4 Å². The van der Waals surface area contributed by atoms with Crippen LogP contribution in [0.2, 0.25) is 0 Å². The smallest absolute Gasteiger partial charge is 0.335 e. The summed E-state index contributed by atoms with van der Waals surface area (Å²) in [7, 11) is -3.99. The highest BCUT2D eigenvalue weighted by Gasteiger charge is 2.20. The average molecular weight is 248 g/mol. The summed E-state index contributed by atoms with van der Waals surface area (Å²) in [6.45, 7) is -0.654. The monoisotopic (exact) mass is 248 g/mol. The summed E-state index contributed by atoms with van der Waals surface area (Å²) < 4.78 is 36.1. The molecule has 0 saturated carbocycles. The van der Waals surface area contributed by atoms with E-state index in [0.717, 1.165) is 18.2 Å². The van der Waals surface area contributed by atoms with Crippen molar-refractivity contribution in [2.24, 2.45) is 0 Å². The molecule has 16 heavy (non-hydrogen) atoms. The van der Waals surface area contributed by atoms with Gasteiger partial charge in [0, 0.05) is 0 Å². The van der Waals surface area contributed by atoms with Gasteiger partial charge in [0.25, 0.3) is 0 Å². The number of hydrogen-bond acceptors (Lipinski definition) is 4. The van der Waals surface area contributed by atoms with E-state index in [2.05, 4.69) is 0 Å². The molecule has 1 aromatic carbocycles. The molecule has 0 radical (unpaired) electrons. The highest BCUT2D eigenvalue weighted by Crippen LogP contribution is 2.17. The minimum atomic E-state index is -3.99. The van der Waals surface area contributed by atoms with Gasteiger partial charge in [-0.25, -0.2) is 17.6 Å². The van der Waals surface area contributed by atoms with Gasteiger partial charge in [-0.3, -0.25) is 0 Å². The first-order valence-electron chi connectivity index (χ1n) is 4.25. The first kappa shape index (κ1) is 12.6. The SMILES string of the molecule is O=C(O)c1ccc(F)c(S(=O)(=O)CCO)c1. The summed E-state index contributed by atoms with van der Waals surface area (Å²) in [6, 6.07) is 2.48. The van der Waals surface area contributed by atoms with Crippen molar-refractivity contribution in [1.82, 2.24) is 0 Å². The maximum Gasteiger partial charge on any atom is 0.335 e. The number of carboxylic acid groups (broad SMARTS) is 1. The van der Waals surface area contributed by atoms with E-state index < -0.39 is 38.9 Å². The van der Waals surface area contributed by atoms with Crippen LogP contribution in [0, 0.1) is 5.82 Å². The Balaban J connectivity index is 3.33. The number of sulfone groups is 1. The number of aliphatic hydroxyl groups is 1. The lowest BCUT2D eigenvalue weighted by Gasteiger charge is -2.04. The minimum Gasteiger partial charge on any atom is -0.478 e. The van der Waals surface area contributed by atoms with E-state index in [1.54, 1.807) is 0 Å². The zero-order valence-corrected chi connectivity index (χ0v) is 8.87. The third-order valence-electron chi connectivity index (χ3n) is 1.87. The number of aliphatic hydroxyl groups excluding tert-OH is 1. The molecule has 7 heteroatoms. The van der Waals surface area contributed by atoms with E-state index >= 15 is 0 Å². The Bertz CT molecular complexity index is 509. The molecule has 0 atom stereocenters. The van der Waals surface area contributed by atoms with E-state index in [-0.39, 0.29) is 5.56 Å².